The van der Waals surface area contributed by atoms with Gasteiger partial charge in [-0.15, -0.1) is 10.2 Å². The normalized spacial score (nSPS) is 15.8. The standard InChI is InChI=1S/C30H39N5O2S/c1-22(2)29(37)34-18-17-33(21-24(34)4)28(36)16-10-11-19-38-30-32-31-27(20-25-13-6-5-7-14-25)35(30)26-15-9-8-12-23(26)3/h5-9,12-15,22,24H,10-11,16-21H2,1-4H3. The molecular weight excluding hydrogens is 494 g/mol. The summed E-state index contributed by atoms with van der Waals surface area (Å²) in [5.41, 5.74) is 3.48. The summed E-state index contributed by atoms with van der Waals surface area (Å²) >= 11 is 1.70. The van der Waals surface area contributed by atoms with E-state index in [-0.39, 0.29) is 23.8 Å². The van der Waals surface area contributed by atoms with Crippen molar-refractivity contribution >= 4 is 23.6 Å². The third-order valence-corrected chi connectivity index (χ3v) is 8.05. The molecule has 7 nitrogen and oxygen atoms in total. The average Bonchev–Trinajstić information content (AvgIpc) is 3.30. The van der Waals surface area contributed by atoms with E-state index in [2.05, 4.69) is 46.0 Å². The Morgan fingerprint density at radius 3 is 2.45 bits per heavy atom. The molecule has 1 unspecified atom stereocenters. The lowest BCUT2D eigenvalue weighted by atomic mass is 10.1. The largest absolute Gasteiger partial charge is 0.339 e. The molecule has 0 aliphatic carbocycles. The van der Waals surface area contributed by atoms with Crippen molar-refractivity contribution in [2.45, 2.75) is 64.6 Å². The number of benzene rings is 2. The SMILES string of the molecule is Cc1ccccc1-n1c(Cc2ccccc2)nnc1SCCCCC(=O)N1CCN(C(=O)C(C)C)C(C)C1. The molecule has 4 rings (SSSR count). The highest BCUT2D eigenvalue weighted by Gasteiger charge is 2.30. The van der Waals surface area contributed by atoms with E-state index in [1.54, 1.807) is 11.8 Å². The van der Waals surface area contributed by atoms with Crippen LogP contribution in [-0.4, -0.2) is 67.8 Å². The predicted molar refractivity (Wildman–Crippen MR) is 153 cm³/mol. The fraction of sp³-hybridized carbons (Fsp3) is 0.467. The summed E-state index contributed by atoms with van der Waals surface area (Å²) in [6, 6.07) is 18.7. The molecule has 2 amide bonds. The van der Waals surface area contributed by atoms with Crippen molar-refractivity contribution in [2.24, 2.45) is 5.92 Å². The van der Waals surface area contributed by atoms with Gasteiger partial charge in [-0.25, -0.2) is 0 Å². The van der Waals surface area contributed by atoms with E-state index in [1.807, 2.05) is 60.9 Å². The summed E-state index contributed by atoms with van der Waals surface area (Å²) in [5, 5.41) is 9.99. The number of amides is 2. The lowest BCUT2D eigenvalue weighted by Gasteiger charge is -2.40. The van der Waals surface area contributed by atoms with E-state index >= 15 is 0 Å². The fourth-order valence-corrected chi connectivity index (χ4v) is 5.85. The Balaban J connectivity index is 1.31. The van der Waals surface area contributed by atoms with Crippen LogP contribution in [0.2, 0.25) is 0 Å². The number of nitrogens with zero attached hydrogens (tertiary/aromatic N) is 5. The minimum atomic E-state index is -0.0109. The van der Waals surface area contributed by atoms with Gasteiger partial charge in [0.2, 0.25) is 11.8 Å². The van der Waals surface area contributed by atoms with E-state index in [0.29, 0.717) is 32.5 Å². The fourth-order valence-electron chi connectivity index (χ4n) is 4.89. The van der Waals surface area contributed by atoms with Crippen LogP contribution in [0.15, 0.2) is 59.8 Å². The molecule has 1 fully saturated rings. The molecule has 2 heterocycles. The first-order valence-electron chi connectivity index (χ1n) is 13.6. The molecule has 3 aromatic rings. The summed E-state index contributed by atoms with van der Waals surface area (Å²) < 4.78 is 2.18. The molecule has 1 aliphatic rings. The minimum absolute atomic E-state index is 0.0109. The molecule has 0 bridgehead atoms. The van der Waals surface area contributed by atoms with Gasteiger partial charge in [-0.2, -0.15) is 0 Å². The maximum Gasteiger partial charge on any atom is 0.225 e. The summed E-state index contributed by atoms with van der Waals surface area (Å²) in [4.78, 5) is 29.1. The molecule has 1 aliphatic heterocycles. The summed E-state index contributed by atoms with van der Waals surface area (Å²) in [6.45, 7) is 9.88. The predicted octanol–water partition coefficient (Wildman–Crippen LogP) is 5.14. The number of hydrogen-bond donors (Lipinski definition) is 0. The number of para-hydroxylation sites is 1. The van der Waals surface area contributed by atoms with E-state index in [4.69, 9.17) is 0 Å². The number of aryl methyl sites for hydroxylation is 1. The van der Waals surface area contributed by atoms with Crippen LogP contribution < -0.4 is 0 Å². The van der Waals surface area contributed by atoms with Gasteiger partial charge in [0, 0.05) is 50.2 Å². The molecule has 0 saturated carbocycles. The molecule has 0 spiro atoms. The van der Waals surface area contributed by atoms with Crippen LogP contribution >= 0.6 is 11.8 Å². The maximum absolute atomic E-state index is 12.8. The van der Waals surface area contributed by atoms with Crippen LogP contribution in [0.4, 0.5) is 0 Å². The van der Waals surface area contributed by atoms with Crippen LogP contribution in [0, 0.1) is 12.8 Å². The van der Waals surface area contributed by atoms with Crippen LogP contribution in [0.3, 0.4) is 0 Å². The van der Waals surface area contributed by atoms with Crippen LogP contribution in [0.1, 0.15) is 57.0 Å². The van der Waals surface area contributed by atoms with Gasteiger partial charge < -0.3 is 9.80 Å². The van der Waals surface area contributed by atoms with Gasteiger partial charge in [0.05, 0.1) is 5.69 Å². The number of hydrogen-bond acceptors (Lipinski definition) is 5. The molecule has 0 radical (unpaired) electrons. The van der Waals surface area contributed by atoms with Crippen LogP contribution in [0.25, 0.3) is 5.69 Å². The summed E-state index contributed by atoms with van der Waals surface area (Å²) in [5.74, 6) is 2.14. The van der Waals surface area contributed by atoms with Crippen molar-refractivity contribution in [1.82, 2.24) is 24.6 Å². The minimum Gasteiger partial charge on any atom is -0.339 e. The molecule has 1 atom stereocenters. The van der Waals surface area contributed by atoms with E-state index in [1.165, 1.54) is 11.1 Å². The van der Waals surface area contributed by atoms with Gasteiger partial charge in [-0.05, 0) is 43.9 Å². The van der Waals surface area contributed by atoms with Gasteiger partial charge in [0.25, 0.3) is 0 Å². The number of aromatic nitrogens is 3. The number of rotatable bonds is 10. The molecule has 1 saturated heterocycles. The lowest BCUT2D eigenvalue weighted by Crippen LogP contribution is -2.56. The monoisotopic (exact) mass is 533 g/mol. The van der Waals surface area contributed by atoms with Gasteiger partial charge in [0.15, 0.2) is 5.16 Å². The second kappa shape index (κ2) is 13.1. The quantitative estimate of drug-likeness (QED) is 0.266. The highest BCUT2D eigenvalue weighted by atomic mass is 32.2. The van der Waals surface area contributed by atoms with Gasteiger partial charge >= 0.3 is 0 Å². The first kappa shape index (κ1) is 27.9. The molecule has 8 heteroatoms. The molecule has 0 N–H and O–H groups in total. The van der Waals surface area contributed by atoms with E-state index < -0.39 is 0 Å². The Kier molecular flexibility index (Phi) is 9.61. The highest BCUT2D eigenvalue weighted by Crippen LogP contribution is 2.26. The second-order valence-electron chi connectivity index (χ2n) is 10.4. The number of thioether (sulfide) groups is 1. The van der Waals surface area contributed by atoms with Crippen molar-refractivity contribution < 1.29 is 9.59 Å². The van der Waals surface area contributed by atoms with Crippen molar-refractivity contribution in [3.63, 3.8) is 0 Å². The third-order valence-electron chi connectivity index (χ3n) is 7.04. The first-order chi connectivity index (χ1) is 18.3. The summed E-state index contributed by atoms with van der Waals surface area (Å²) in [7, 11) is 0. The first-order valence-corrected chi connectivity index (χ1v) is 14.6. The zero-order valence-electron chi connectivity index (χ0n) is 23.0. The molecule has 1 aromatic heterocycles. The number of carbonyl (C=O) groups excluding carboxylic acids is 2. The topological polar surface area (TPSA) is 71.3 Å². The second-order valence-corrected chi connectivity index (χ2v) is 11.4. The smallest absolute Gasteiger partial charge is 0.225 e. The summed E-state index contributed by atoms with van der Waals surface area (Å²) in [6.07, 6.45) is 3.01. The number of piperazine rings is 1. The Hall–Kier alpha value is -3.13. The van der Waals surface area contributed by atoms with Crippen molar-refractivity contribution in [3.8, 4) is 5.69 Å². The Bertz CT molecular complexity index is 1230. The highest BCUT2D eigenvalue weighted by molar-refractivity contribution is 7.99. The van der Waals surface area contributed by atoms with Crippen LogP contribution in [0.5, 0.6) is 0 Å². The Morgan fingerprint density at radius 2 is 1.74 bits per heavy atom. The Morgan fingerprint density at radius 1 is 1.00 bits per heavy atom. The Labute approximate surface area is 230 Å². The molecular formula is C30H39N5O2S. The van der Waals surface area contributed by atoms with Crippen molar-refractivity contribution in [3.05, 3.63) is 71.5 Å². The zero-order chi connectivity index (χ0) is 27.1. The molecule has 38 heavy (non-hydrogen) atoms. The number of carbonyl (C=O) groups is 2. The third kappa shape index (κ3) is 6.84. The van der Waals surface area contributed by atoms with E-state index in [0.717, 1.165) is 35.3 Å². The van der Waals surface area contributed by atoms with Crippen LogP contribution in [-0.2, 0) is 16.0 Å². The van der Waals surface area contributed by atoms with Gasteiger partial charge in [-0.1, -0.05) is 74.1 Å². The lowest BCUT2D eigenvalue weighted by molar-refractivity contribution is -0.144. The zero-order valence-corrected chi connectivity index (χ0v) is 23.8. The van der Waals surface area contributed by atoms with Crippen molar-refractivity contribution in [1.29, 1.82) is 0 Å². The molecule has 2 aromatic carbocycles. The van der Waals surface area contributed by atoms with Gasteiger partial charge in [-0.3, -0.25) is 14.2 Å². The van der Waals surface area contributed by atoms with Gasteiger partial charge in [0.1, 0.15) is 5.82 Å². The number of unbranched alkanes of at least 4 members (excludes halogenated alkanes) is 1. The average molecular weight is 534 g/mol. The van der Waals surface area contributed by atoms with Crippen molar-refractivity contribution in [2.75, 3.05) is 25.4 Å². The maximum atomic E-state index is 12.8. The molecule has 202 valence electrons. The van der Waals surface area contributed by atoms with E-state index in [9.17, 15) is 9.59 Å².